The van der Waals surface area contributed by atoms with Crippen molar-refractivity contribution in [2.75, 3.05) is 20.3 Å². The van der Waals surface area contributed by atoms with Gasteiger partial charge in [0.2, 0.25) is 11.8 Å². The number of aliphatic hydroxyl groups is 2. The summed E-state index contributed by atoms with van der Waals surface area (Å²) in [6.45, 7) is 3.57. The zero-order chi connectivity index (χ0) is 27.1. The van der Waals surface area contributed by atoms with E-state index in [1.807, 2.05) is 36.4 Å². The second-order valence-electron chi connectivity index (χ2n) is 9.86. The summed E-state index contributed by atoms with van der Waals surface area (Å²) >= 11 is 2.03. The Labute approximate surface area is 231 Å². The number of hydrogen-bond acceptors (Lipinski definition) is 7. The van der Waals surface area contributed by atoms with Crippen molar-refractivity contribution in [3.05, 3.63) is 32.9 Å². The first kappa shape index (κ1) is 29.4. The number of hydrogen-bond donors (Lipinski definition) is 3. The van der Waals surface area contributed by atoms with Gasteiger partial charge in [-0.1, -0.05) is 33.1 Å². The van der Waals surface area contributed by atoms with E-state index in [0.717, 1.165) is 32.1 Å². The standard InChI is InChI=1S/C27H37IN2O7/c1-16(2)27(35)30(19-7-5-4-6-8-19)21-13-18(26(34)29-9-10-31)14-22(24(21)33)37-25-20(28)11-17(15-32)12-23(25)36-3/h11-12,14-16,19,21-22,24,31,33H,4-10,13H2,1-3H3,(H,29,34)/t21-,22+,24+/m1/s1. The highest BCUT2D eigenvalue weighted by molar-refractivity contribution is 14.1. The lowest BCUT2D eigenvalue weighted by Gasteiger charge is -2.46. The smallest absolute Gasteiger partial charge is 0.247 e. The summed E-state index contributed by atoms with van der Waals surface area (Å²) in [6, 6.07) is 2.51. The average molecular weight is 629 g/mol. The van der Waals surface area contributed by atoms with Gasteiger partial charge in [-0.2, -0.15) is 0 Å². The number of amides is 2. The quantitative estimate of drug-likeness (QED) is 0.269. The molecular formula is C27H37IN2O7. The lowest BCUT2D eigenvalue weighted by atomic mass is 9.84. The number of nitrogens with one attached hydrogen (secondary N) is 1. The number of ether oxygens (including phenoxy) is 2. The predicted molar refractivity (Wildman–Crippen MR) is 147 cm³/mol. The first-order valence-corrected chi connectivity index (χ1v) is 13.9. The molecule has 1 aromatic rings. The van der Waals surface area contributed by atoms with E-state index < -0.39 is 18.2 Å². The highest BCUT2D eigenvalue weighted by Gasteiger charge is 2.43. The van der Waals surface area contributed by atoms with Gasteiger partial charge in [-0.15, -0.1) is 0 Å². The highest BCUT2D eigenvalue weighted by Crippen LogP contribution is 2.38. The van der Waals surface area contributed by atoms with Gasteiger partial charge in [-0.25, -0.2) is 0 Å². The van der Waals surface area contributed by atoms with Crippen LogP contribution in [0.2, 0.25) is 0 Å². The summed E-state index contributed by atoms with van der Waals surface area (Å²) in [4.78, 5) is 39.6. The average Bonchev–Trinajstić information content (AvgIpc) is 2.90. The van der Waals surface area contributed by atoms with Crippen molar-refractivity contribution in [2.45, 2.75) is 76.7 Å². The number of carbonyl (C=O) groups is 3. The van der Waals surface area contributed by atoms with Gasteiger partial charge in [0.25, 0.3) is 0 Å². The third kappa shape index (κ3) is 7.02. The molecule has 2 aliphatic rings. The van der Waals surface area contributed by atoms with Crippen LogP contribution in [0.1, 0.15) is 62.7 Å². The van der Waals surface area contributed by atoms with Crippen molar-refractivity contribution in [3.8, 4) is 11.5 Å². The van der Waals surface area contributed by atoms with E-state index in [9.17, 15) is 24.6 Å². The molecule has 0 radical (unpaired) electrons. The molecule has 10 heteroatoms. The van der Waals surface area contributed by atoms with E-state index in [1.165, 1.54) is 7.11 Å². The van der Waals surface area contributed by atoms with Gasteiger partial charge < -0.3 is 29.9 Å². The van der Waals surface area contributed by atoms with Gasteiger partial charge in [-0.05, 0) is 53.6 Å². The van der Waals surface area contributed by atoms with Gasteiger partial charge in [-0.3, -0.25) is 14.4 Å². The molecule has 0 spiro atoms. The van der Waals surface area contributed by atoms with Crippen LogP contribution in [0.25, 0.3) is 0 Å². The van der Waals surface area contributed by atoms with Crippen LogP contribution >= 0.6 is 22.6 Å². The first-order chi connectivity index (χ1) is 17.7. The van der Waals surface area contributed by atoms with E-state index in [0.29, 0.717) is 32.5 Å². The number of methoxy groups -OCH3 is 1. The van der Waals surface area contributed by atoms with Gasteiger partial charge >= 0.3 is 0 Å². The van der Waals surface area contributed by atoms with Crippen LogP contribution in [0.5, 0.6) is 11.5 Å². The second-order valence-corrected chi connectivity index (χ2v) is 11.0. The van der Waals surface area contributed by atoms with Crippen LogP contribution in [-0.4, -0.2) is 77.8 Å². The van der Waals surface area contributed by atoms with Crippen molar-refractivity contribution in [3.63, 3.8) is 0 Å². The Morgan fingerprint density at radius 1 is 1.24 bits per heavy atom. The van der Waals surface area contributed by atoms with Crippen molar-refractivity contribution < 1.29 is 34.1 Å². The van der Waals surface area contributed by atoms with Crippen molar-refractivity contribution in [1.29, 1.82) is 0 Å². The molecule has 37 heavy (non-hydrogen) atoms. The molecule has 3 rings (SSSR count). The van der Waals surface area contributed by atoms with Crippen LogP contribution in [0, 0.1) is 9.49 Å². The molecule has 2 amide bonds. The Kier molecular flexibility index (Phi) is 10.8. The molecule has 3 N–H and O–H groups in total. The highest BCUT2D eigenvalue weighted by atomic mass is 127. The molecule has 0 bridgehead atoms. The van der Waals surface area contributed by atoms with E-state index >= 15 is 0 Å². The minimum atomic E-state index is -1.11. The minimum absolute atomic E-state index is 0.0228. The number of aliphatic hydroxyl groups excluding tert-OH is 2. The Morgan fingerprint density at radius 2 is 1.95 bits per heavy atom. The number of rotatable bonds is 10. The first-order valence-electron chi connectivity index (χ1n) is 12.8. The fourth-order valence-corrected chi connectivity index (χ4v) is 5.83. The monoisotopic (exact) mass is 628 g/mol. The molecule has 1 fully saturated rings. The molecule has 1 aromatic carbocycles. The number of aldehydes is 1. The maximum absolute atomic E-state index is 13.5. The lowest BCUT2D eigenvalue weighted by molar-refractivity contribution is -0.146. The Balaban J connectivity index is 2.03. The zero-order valence-corrected chi connectivity index (χ0v) is 23.8. The Bertz CT molecular complexity index is 1010. The molecule has 0 heterocycles. The maximum atomic E-state index is 13.5. The molecule has 2 aliphatic carbocycles. The van der Waals surface area contributed by atoms with Crippen molar-refractivity contribution in [1.82, 2.24) is 10.2 Å². The molecular weight excluding hydrogens is 591 g/mol. The maximum Gasteiger partial charge on any atom is 0.247 e. The molecule has 3 atom stereocenters. The molecule has 0 unspecified atom stereocenters. The summed E-state index contributed by atoms with van der Waals surface area (Å²) in [5.41, 5.74) is 0.797. The van der Waals surface area contributed by atoms with Crippen LogP contribution in [0.15, 0.2) is 23.8 Å². The molecule has 1 saturated carbocycles. The van der Waals surface area contributed by atoms with E-state index in [1.54, 1.807) is 23.1 Å². The topological polar surface area (TPSA) is 125 Å². The summed E-state index contributed by atoms with van der Waals surface area (Å²) in [5.74, 6) is -0.0510. The van der Waals surface area contributed by atoms with Crippen molar-refractivity contribution >= 4 is 40.7 Å². The molecule has 9 nitrogen and oxygen atoms in total. The fourth-order valence-electron chi connectivity index (χ4n) is 5.08. The van der Waals surface area contributed by atoms with E-state index in [-0.39, 0.29) is 43.3 Å². The molecule has 0 aliphatic heterocycles. The summed E-state index contributed by atoms with van der Waals surface area (Å²) in [5, 5.41) is 23.5. The summed E-state index contributed by atoms with van der Waals surface area (Å²) < 4.78 is 12.3. The number of benzene rings is 1. The molecule has 0 aromatic heterocycles. The predicted octanol–water partition coefficient (Wildman–Crippen LogP) is 2.85. The number of halogens is 1. The fraction of sp³-hybridized carbons (Fsp3) is 0.593. The molecule has 204 valence electrons. The molecule has 0 saturated heterocycles. The Hall–Kier alpha value is -2.18. The van der Waals surface area contributed by atoms with E-state index in [2.05, 4.69) is 5.32 Å². The summed E-state index contributed by atoms with van der Waals surface area (Å²) in [7, 11) is 1.46. The zero-order valence-electron chi connectivity index (χ0n) is 21.6. The van der Waals surface area contributed by atoms with Crippen LogP contribution < -0.4 is 14.8 Å². The van der Waals surface area contributed by atoms with Gasteiger partial charge in [0.05, 0.1) is 23.3 Å². The number of nitrogens with zero attached hydrogens (tertiary/aromatic N) is 1. The van der Waals surface area contributed by atoms with E-state index in [4.69, 9.17) is 9.47 Å². The van der Waals surface area contributed by atoms with Gasteiger partial charge in [0.1, 0.15) is 18.5 Å². The van der Waals surface area contributed by atoms with Gasteiger partial charge in [0, 0.05) is 36.1 Å². The second kappa shape index (κ2) is 13.6. The number of carbonyl (C=O) groups excluding carboxylic acids is 3. The lowest BCUT2D eigenvalue weighted by Crippen LogP contribution is -2.59. The third-order valence-corrected chi connectivity index (χ3v) is 7.73. The Morgan fingerprint density at radius 3 is 2.54 bits per heavy atom. The third-order valence-electron chi connectivity index (χ3n) is 6.93. The van der Waals surface area contributed by atoms with Crippen LogP contribution in [0.3, 0.4) is 0 Å². The van der Waals surface area contributed by atoms with Gasteiger partial charge in [0.15, 0.2) is 11.5 Å². The summed E-state index contributed by atoms with van der Waals surface area (Å²) in [6.07, 6.45) is 5.23. The van der Waals surface area contributed by atoms with Crippen LogP contribution in [0.4, 0.5) is 0 Å². The minimum Gasteiger partial charge on any atom is -0.493 e. The van der Waals surface area contributed by atoms with Crippen LogP contribution in [-0.2, 0) is 9.59 Å². The largest absolute Gasteiger partial charge is 0.493 e. The SMILES string of the molecule is COc1cc(C=O)cc(I)c1O[C@H]1C=C(C(=O)NCCO)C[C@@H](N(C(=O)C(C)C)C2CCCCC2)[C@@H]1O. The van der Waals surface area contributed by atoms with Crippen molar-refractivity contribution in [2.24, 2.45) is 5.92 Å². The normalized spacial score (nSPS) is 22.2.